The lowest BCUT2D eigenvalue weighted by atomic mass is 9.90. The van der Waals surface area contributed by atoms with Crippen LogP contribution in [-0.4, -0.2) is 35.5 Å². The summed E-state index contributed by atoms with van der Waals surface area (Å²) in [4.78, 5) is 26.2. The van der Waals surface area contributed by atoms with E-state index in [0.29, 0.717) is 31.0 Å². The van der Waals surface area contributed by atoms with Gasteiger partial charge in [0.05, 0.1) is 0 Å². The first kappa shape index (κ1) is 18.6. The van der Waals surface area contributed by atoms with Crippen LogP contribution in [0.25, 0.3) is 0 Å². The van der Waals surface area contributed by atoms with Crippen LogP contribution in [0.4, 0.5) is 10.5 Å². The highest BCUT2D eigenvalue weighted by molar-refractivity contribution is 7.81. The summed E-state index contributed by atoms with van der Waals surface area (Å²) in [6.45, 7) is 6.88. The Kier molecular flexibility index (Phi) is 6.15. The molecule has 1 amide bonds. The molecule has 0 saturated carbocycles. The third-order valence-electron chi connectivity index (χ3n) is 4.05. The predicted octanol–water partition coefficient (Wildman–Crippen LogP) is 4.16. The van der Waals surface area contributed by atoms with Crippen molar-refractivity contribution in [2.45, 2.75) is 45.6 Å². The summed E-state index contributed by atoms with van der Waals surface area (Å²) in [5.41, 5.74) is 1.03. The summed E-state index contributed by atoms with van der Waals surface area (Å²) >= 11 is 4.00. The Morgan fingerprint density at radius 1 is 1.29 bits per heavy atom. The molecule has 0 radical (unpaired) electrons. The zero-order chi connectivity index (χ0) is 17.7. The summed E-state index contributed by atoms with van der Waals surface area (Å²) < 4.78 is 8.14. The average molecular weight is 350 g/mol. The molecule has 1 aliphatic rings. The van der Waals surface area contributed by atoms with Gasteiger partial charge in [0.15, 0.2) is 5.78 Å². The number of benzene rings is 1. The third-order valence-corrected chi connectivity index (χ3v) is 4.31. The summed E-state index contributed by atoms with van der Waals surface area (Å²) in [5.74, 6) is 0.444. The van der Waals surface area contributed by atoms with E-state index in [1.807, 2.05) is 45.0 Å². The molecule has 1 heterocycles. The van der Waals surface area contributed by atoms with Gasteiger partial charge in [0.1, 0.15) is 5.60 Å². The van der Waals surface area contributed by atoms with E-state index in [2.05, 4.69) is 17.5 Å². The highest BCUT2D eigenvalue weighted by Crippen LogP contribution is 2.24. The SMILES string of the molecule is CC(C)(C)OC(=O)N1CCC(CC(=O)c2cccc(NS)c2)CC1. The number of hydrogen-bond donors (Lipinski definition) is 2. The van der Waals surface area contributed by atoms with E-state index in [1.54, 1.807) is 4.90 Å². The van der Waals surface area contributed by atoms with Crippen LogP contribution < -0.4 is 4.72 Å². The number of carbonyl (C=O) groups excluding carboxylic acids is 2. The molecule has 5 nitrogen and oxygen atoms in total. The Balaban J connectivity index is 1.84. The molecule has 1 aromatic rings. The molecular formula is C18H26N2O3S. The Bertz CT molecular complexity index is 590. The summed E-state index contributed by atoms with van der Waals surface area (Å²) in [6, 6.07) is 7.35. The molecule has 6 heteroatoms. The highest BCUT2D eigenvalue weighted by atomic mass is 32.1. The minimum atomic E-state index is -0.476. The van der Waals surface area contributed by atoms with Gasteiger partial charge in [-0.3, -0.25) is 4.79 Å². The van der Waals surface area contributed by atoms with Gasteiger partial charge in [-0.15, -0.1) is 0 Å². The molecule has 1 fully saturated rings. The van der Waals surface area contributed by atoms with Crippen molar-refractivity contribution in [1.82, 2.24) is 4.90 Å². The first-order chi connectivity index (χ1) is 11.3. The number of nitrogens with one attached hydrogen (secondary N) is 1. The lowest BCUT2D eigenvalue weighted by Gasteiger charge is -2.33. The van der Waals surface area contributed by atoms with Crippen LogP contribution in [0.3, 0.4) is 0 Å². The topological polar surface area (TPSA) is 58.6 Å². The number of amides is 1. The van der Waals surface area contributed by atoms with Crippen molar-refractivity contribution in [2.75, 3.05) is 17.8 Å². The Hall–Kier alpha value is -1.69. The molecule has 1 N–H and O–H groups in total. The number of carbonyl (C=O) groups is 2. The maximum atomic E-state index is 12.4. The Labute approximate surface area is 149 Å². The van der Waals surface area contributed by atoms with Gasteiger partial charge in [-0.05, 0) is 51.7 Å². The van der Waals surface area contributed by atoms with Crippen LogP contribution in [0.2, 0.25) is 0 Å². The third kappa shape index (κ3) is 5.44. The average Bonchev–Trinajstić information content (AvgIpc) is 2.54. The van der Waals surface area contributed by atoms with E-state index in [4.69, 9.17) is 4.74 Å². The fourth-order valence-corrected chi connectivity index (χ4v) is 2.93. The number of piperidine rings is 1. The van der Waals surface area contributed by atoms with E-state index in [-0.39, 0.29) is 11.9 Å². The number of Topliss-reactive ketones (excluding diaryl/α,β-unsaturated/α-hetero) is 1. The van der Waals surface area contributed by atoms with Crippen molar-refractivity contribution in [2.24, 2.45) is 5.92 Å². The first-order valence-electron chi connectivity index (χ1n) is 8.30. The summed E-state index contributed by atoms with van der Waals surface area (Å²) in [6.07, 6.45) is 1.91. The van der Waals surface area contributed by atoms with Crippen LogP contribution in [0.15, 0.2) is 24.3 Å². The van der Waals surface area contributed by atoms with Crippen molar-refractivity contribution >= 4 is 30.4 Å². The number of ketones is 1. The predicted molar refractivity (Wildman–Crippen MR) is 98.5 cm³/mol. The van der Waals surface area contributed by atoms with Crippen molar-refractivity contribution in [3.05, 3.63) is 29.8 Å². The Morgan fingerprint density at radius 2 is 1.96 bits per heavy atom. The van der Waals surface area contributed by atoms with E-state index in [9.17, 15) is 9.59 Å². The molecule has 1 aromatic carbocycles. The largest absolute Gasteiger partial charge is 0.444 e. The van der Waals surface area contributed by atoms with Gasteiger partial charge in [-0.2, -0.15) is 0 Å². The molecule has 24 heavy (non-hydrogen) atoms. The number of likely N-dealkylation sites (tertiary alicyclic amines) is 1. The van der Waals surface area contributed by atoms with Gasteiger partial charge in [-0.25, -0.2) is 4.79 Å². The van der Waals surface area contributed by atoms with E-state index < -0.39 is 5.60 Å². The summed E-state index contributed by atoms with van der Waals surface area (Å²) in [7, 11) is 0. The van der Waals surface area contributed by atoms with Crippen LogP contribution in [-0.2, 0) is 4.74 Å². The fourth-order valence-electron chi connectivity index (χ4n) is 2.79. The standard InChI is InChI=1S/C18H26N2O3S/c1-18(2,3)23-17(22)20-9-7-13(8-10-20)11-16(21)14-5-4-6-15(12-14)19-24/h4-6,12-13,19,24H,7-11H2,1-3H3. The molecule has 1 aliphatic heterocycles. The minimum absolute atomic E-state index is 0.135. The second-order valence-corrected chi connectivity index (χ2v) is 7.45. The van der Waals surface area contributed by atoms with Gasteiger partial charge >= 0.3 is 6.09 Å². The molecule has 0 unspecified atom stereocenters. The molecule has 0 spiro atoms. The first-order valence-corrected chi connectivity index (χ1v) is 8.74. The number of nitrogens with zero attached hydrogens (tertiary/aromatic N) is 1. The molecule has 0 aromatic heterocycles. The molecule has 0 aliphatic carbocycles. The Morgan fingerprint density at radius 3 is 2.54 bits per heavy atom. The number of rotatable bonds is 4. The zero-order valence-corrected chi connectivity index (χ0v) is 15.4. The van der Waals surface area contributed by atoms with Gasteiger partial charge < -0.3 is 14.4 Å². The number of hydrogen-bond acceptors (Lipinski definition) is 5. The van der Waals surface area contributed by atoms with Gasteiger partial charge in [0.25, 0.3) is 0 Å². The normalized spacial score (nSPS) is 15.9. The second-order valence-electron chi connectivity index (χ2n) is 7.23. The van der Waals surface area contributed by atoms with E-state index in [1.165, 1.54) is 0 Å². The fraction of sp³-hybridized carbons (Fsp3) is 0.556. The quantitative estimate of drug-likeness (QED) is 0.632. The number of anilines is 1. The van der Waals surface area contributed by atoms with Crippen molar-refractivity contribution in [3.63, 3.8) is 0 Å². The molecule has 1 saturated heterocycles. The van der Waals surface area contributed by atoms with Crippen molar-refractivity contribution in [1.29, 1.82) is 0 Å². The molecule has 132 valence electrons. The molecular weight excluding hydrogens is 324 g/mol. The van der Waals surface area contributed by atoms with Gasteiger partial charge in [-0.1, -0.05) is 24.9 Å². The number of ether oxygens (including phenoxy) is 1. The zero-order valence-electron chi connectivity index (χ0n) is 14.5. The van der Waals surface area contributed by atoms with Gasteiger partial charge in [0.2, 0.25) is 0 Å². The van der Waals surface area contributed by atoms with Crippen LogP contribution in [0.1, 0.15) is 50.4 Å². The van der Waals surface area contributed by atoms with Gasteiger partial charge in [0, 0.05) is 30.8 Å². The van der Waals surface area contributed by atoms with Crippen LogP contribution in [0.5, 0.6) is 0 Å². The lowest BCUT2D eigenvalue weighted by molar-refractivity contribution is 0.0183. The maximum absolute atomic E-state index is 12.4. The smallest absolute Gasteiger partial charge is 0.410 e. The van der Waals surface area contributed by atoms with Crippen molar-refractivity contribution in [3.8, 4) is 0 Å². The lowest BCUT2D eigenvalue weighted by Crippen LogP contribution is -2.42. The van der Waals surface area contributed by atoms with E-state index in [0.717, 1.165) is 18.5 Å². The highest BCUT2D eigenvalue weighted by Gasteiger charge is 2.27. The molecule has 2 rings (SSSR count). The molecule has 0 atom stereocenters. The number of thiol groups is 1. The van der Waals surface area contributed by atoms with Crippen LogP contribution in [0, 0.1) is 5.92 Å². The van der Waals surface area contributed by atoms with E-state index >= 15 is 0 Å². The van der Waals surface area contributed by atoms with Crippen LogP contribution >= 0.6 is 12.8 Å². The second kappa shape index (κ2) is 7.92. The monoisotopic (exact) mass is 350 g/mol. The maximum Gasteiger partial charge on any atom is 0.410 e. The summed E-state index contributed by atoms with van der Waals surface area (Å²) in [5, 5.41) is 0. The minimum Gasteiger partial charge on any atom is -0.444 e. The van der Waals surface area contributed by atoms with Crippen molar-refractivity contribution < 1.29 is 14.3 Å². The molecule has 0 bridgehead atoms.